The van der Waals surface area contributed by atoms with E-state index >= 15 is 0 Å². The first-order valence-corrected chi connectivity index (χ1v) is 7.59. The van der Waals surface area contributed by atoms with Crippen LogP contribution in [0.25, 0.3) is 0 Å². The standard InChI is InChI=1S/C9H9I3N2O3/c10-4-3(9(17)2(16)1-15)5(11)8(14)6(12)7(4)13/h9,15,17H,1,13-14H2. The molecule has 0 amide bonds. The second kappa shape index (κ2) is 6.16. The SMILES string of the molecule is Nc1c(I)c(N)c(I)c(C(O)C(=O)CO)c1I. The van der Waals surface area contributed by atoms with E-state index in [1.807, 2.05) is 67.8 Å². The number of carbonyl (C=O) groups is 1. The van der Waals surface area contributed by atoms with Gasteiger partial charge < -0.3 is 21.7 Å². The summed E-state index contributed by atoms with van der Waals surface area (Å²) in [6.45, 7) is -0.723. The molecule has 0 heterocycles. The number of hydrogen-bond acceptors (Lipinski definition) is 5. The summed E-state index contributed by atoms with van der Waals surface area (Å²) in [4.78, 5) is 11.3. The fourth-order valence-corrected chi connectivity index (χ4v) is 4.97. The first kappa shape index (κ1) is 15.7. The lowest BCUT2D eigenvalue weighted by atomic mass is 10.0. The number of aliphatic hydroxyl groups excluding tert-OH is 2. The summed E-state index contributed by atoms with van der Waals surface area (Å²) in [5.74, 6) is -0.680. The van der Waals surface area contributed by atoms with Gasteiger partial charge in [0, 0.05) is 12.7 Å². The highest BCUT2D eigenvalue weighted by Crippen LogP contribution is 2.38. The number of anilines is 2. The van der Waals surface area contributed by atoms with E-state index < -0.39 is 18.5 Å². The van der Waals surface area contributed by atoms with Crippen molar-refractivity contribution in [3.63, 3.8) is 0 Å². The highest BCUT2D eigenvalue weighted by Gasteiger charge is 2.26. The van der Waals surface area contributed by atoms with E-state index in [9.17, 15) is 9.90 Å². The molecular weight excluding hydrogens is 565 g/mol. The van der Waals surface area contributed by atoms with E-state index in [0.29, 0.717) is 27.6 Å². The lowest BCUT2D eigenvalue weighted by Crippen LogP contribution is -2.20. The number of hydrogen-bond donors (Lipinski definition) is 4. The second-order valence-corrected chi connectivity index (χ2v) is 6.45. The predicted molar refractivity (Wildman–Crippen MR) is 90.5 cm³/mol. The maximum Gasteiger partial charge on any atom is 0.191 e. The van der Waals surface area contributed by atoms with Gasteiger partial charge in [-0.15, -0.1) is 0 Å². The summed E-state index contributed by atoms with van der Waals surface area (Å²) in [5.41, 5.74) is 12.9. The Hall–Kier alpha value is 0.600. The van der Waals surface area contributed by atoms with Crippen LogP contribution in [-0.4, -0.2) is 22.6 Å². The fraction of sp³-hybridized carbons (Fsp3) is 0.222. The van der Waals surface area contributed by atoms with Crippen LogP contribution in [0.2, 0.25) is 0 Å². The normalized spacial score (nSPS) is 12.5. The van der Waals surface area contributed by atoms with Gasteiger partial charge in [-0.25, -0.2) is 0 Å². The third-order valence-electron chi connectivity index (χ3n) is 2.15. The molecule has 1 aromatic carbocycles. The molecule has 0 saturated heterocycles. The van der Waals surface area contributed by atoms with E-state index in [4.69, 9.17) is 16.6 Å². The third-order valence-corrected chi connectivity index (χ3v) is 5.64. The molecule has 0 aliphatic carbocycles. The number of aliphatic hydroxyl groups is 2. The monoisotopic (exact) mass is 574 g/mol. The highest BCUT2D eigenvalue weighted by atomic mass is 127. The Labute approximate surface area is 139 Å². The molecule has 0 aliphatic heterocycles. The fourth-order valence-electron chi connectivity index (χ4n) is 1.21. The number of ketones is 1. The van der Waals surface area contributed by atoms with Crippen molar-refractivity contribution >= 4 is 84.9 Å². The predicted octanol–water partition coefficient (Wildman–Crippen LogP) is 1.26. The smallest absolute Gasteiger partial charge is 0.191 e. The van der Waals surface area contributed by atoms with Crippen LogP contribution in [0.4, 0.5) is 11.4 Å². The van der Waals surface area contributed by atoms with Crippen LogP contribution in [0.1, 0.15) is 11.7 Å². The quantitative estimate of drug-likeness (QED) is 0.322. The molecule has 17 heavy (non-hydrogen) atoms. The van der Waals surface area contributed by atoms with Crippen molar-refractivity contribution in [2.24, 2.45) is 0 Å². The van der Waals surface area contributed by atoms with Crippen molar-refractivity contribution in [1.82, 2.24) is 0 Å². The van der Waals surface area contributed by atoms with Crippen LogP contribution in [-0.2, 0) is 4.79 Å². The van der Waals surface area contributed by atoms with Gasteiger partial charge in [-0.3, -0.25) is 4.79 Å². The van der Waals surface area contributed by atoms with Crippen LogP contribution < -0.4 is 11.5 Å². The summed E-state index contributed by atoms with van der Waals surface area (Å²) >= 11 is 5.92. The van der Waals surface area contributed by atoms with E-state index in [0.717, 1.165) is 0 Å². The topological polar surface area (TPSA) is 110 Å². The molecule has 5 nitrogen and oxygen atoms in total. The number of benzene rings is 1. The van der Waals surface area contributed by atoms with Gasteiger partial charge in [-0.2, -0.15) is 0 Å². The van der Waals surface area contributed by atoms with Gasteiger partial charge in [0.2, 0.25) is 0 Å². The molecule has 0 saturated carbocycles. The van der Waals surface area contributed by atoms with Crippen molar-refractivity contribution in [2.75, 3.05) is 18.1 Å². The number of carbonyl (C=O) groups excluding carboxylic acids is 1. The molecule has 0 aliphatic rings. The largest absolute Gasteiger partial charge is 0.397 e. The van der Waals surface area contributed by atoms with Crippen LogP contribution in [0.3, 0.4) is 0 Å². The van der Waals surface area contributed by atoms with Crippen molar-refractivity contribution in [3.05, 3.63) is 16.3 Å². The molecule has 1 aromatic rings. The van der Waals surface area contributed by atoms with Gasteiger partial charge in [0.1, 0.15) is 12.7 Å². The lowest BCUT2D eigenvalue weighted by molar-refractivity contribution is -0.130. The molecule has 0 spiro atoms. The Morgan fingerprint density at radius 2 is 1.53 bits per heavy atom. The second-order valence-electron chi connectivity index (χ2n) is 3.21. The number of rotatable bonds is 3. The first-order chi connectivity index (χ1) is 7.82. The minimum atomic E-state index is -1.40. The average Bonchev–Trinajstić information content (AvgIpc) is 2.32. The Bertz CT molecular complexity index is 450. The van der Waals surface area contributed by atoms with Crippen LogP contribution in [0, 0.1) is 10.7 Å². The number of Topliss-reactive ketones (excluding diaryl/α,β-unsaturated/α-hetero) is 1. The highest BCUT2D eigenvalue weighted by molar-refractivity contribution is 14.1. The number of nitrogens with two attached hydrogens (primary N) is 2. The summed E-state index contributed by atoms with van der Waals surface area (Å²) < 4.78 is 1.86. The van der Waals surface area contributed by atoms with Gasteiger partial charge >= 0.3 is 0 Å². The van der Waals surface area contributed by atoms with Crippen LogP contribution in [0.15, 0.2) is 0 Å². The molecule has 8 heteroatoms. The summed E-state index contributed by atoms with van der Waals surface area (Å²) in [7, 11) is 0. The molecule has 1 rings (SSSR count). The van der Waals surface area contributed by atoms with E-state index in [2.05, 4.69) is 0 Å². The average molecular weight is 574 g/mol. The van der Waals surface area contributed by atoms with Gasteiger partial charge in [0.05, 0.1) is 14.9 Å². The third kappa shape index (κ3) is 2.96. The zero-order valence-corrected chi connectivity index (χ0v) is 14.8. The maximum absolute atomic E-state index is 11.3. The van der Waals surface area contributed by atoms with Crippen LogP contribution in [0.5, 0.6) is 0 Å². The van der Waals surface area contributed by atoms with Crippen molar-refractivity contribution in [3.8, 4) is 0 Å². The Balaban J connectivity index is 3.49. The maximum atomic E-state index is 11.3. The van der Waals surface area contributed by atoms with E-state index in [-0.39, 0.29) is 0 Å². The Morgan fingerprint density at radius 1 is 1.12 bits per heavy atom. The minimum Gasteiger partial charge on any atom is -0.397 e. The summed E-state index contributed by atoms with van der Waals surface area (Å²) in [6.07, 6.45) is -1.40. The van der Waals surface area contributed by atoms with Crippen molar-refractivity contribution in [1.29, 1.82) is 0 Å². The molecular formula is C9H9I3N2O3. The van der Waals surface area contributed by atoms with Crippen molar-refractivity contribution < 1.29 is 15.0 Å². The Morgan fingerprint density at radius 3 is 1.88 bits per heavy atom. The number of nitrogen functional groups attached to an aromatic ring is 2. The molecule has 0 radical (unpaired) electrons. The lowest BCUT2D eigenvalue weighted by Gasteiger charge is -2.18. The molecule has 6 N–H and O–H groups in total. The molecule has 94 valence electrons. The first-order valence-electron chi connectivity index (χ1n) is 4.35. The number of halogens is 3. The van der Waals surface area contributed by atoms with Crippen LogP contribution >= 0.6 is 67.8 Å². The summed E-state index contributed by atoms with van der Waals surface area (Å²) in [5, 5.41) is 18.6. The molecule has 0 bridgehead atoms. The van der Waals surface area contributed by atoms with Crippen molar-refractivity contribution in [2.45, 2.75) is 6.10 Å². The van der Waals surface area contributed by atoms with E-state index in [1.165, 1.54) is 0 Å². The zero-order chi connectivity index (χ0) is 13.3. The Kier molecular flexibility index (Phi) is 5.68. The molecule has 0 aromatic heterocycles. The molecule has 1 unspecified atom stereocenters. The molecule has 1 atom stereocenters. The van der Waals surface area contributed by atoms with Gasteiger partial charge in [-0.1, -0.05) is 0 Å². The molecule has 0 fully saturated rings. The zero-order valence-electron chi connectivity index (χ0n) is 8.38. The minimum absolute atomic E-state index is 0.362. The van der Waals surface area contributed by atoms with Gasteiger partial charge in [0.15, 0.2) is 5.78 Å². The van der Waals surface area contributed by atoms with Gasteiger partial charge in [0.25, 0.3) is 0 Å². The summed E-state index contributed by atoms with van der Waals surface area (Å²) in [6, 6.07) is 0. The van der Waals surface area contributed by atoms with Gasteiger partial charge in [-0.05, 0) is 67.8 Å². The van der Waals surface area contributed by atoms with E-state index in [1.54, 1.807) is 0 Å².